The molecule has 102 valence electrons. The molecule has 1 heterocycles. The maximum atomic E-state index is 11.9. The van der Waals surface area contributed by atoms with E-state index in [0.29, 0.717) is 13.0 Å². The quantitative estimate of drug-likeness (QED) is 0.897. The number of imidazole rings is 1. The van der Waals surface area contributed by atoms with E-state index in [1.54, 1.807) is 6.33 Å². The van der Waals surface area contributed by atoms with Crippen molar-refractivity contribution in [3.05, 3.63) is 30.6 Å². The van der Waals surface area contributed by atoms with E-state index in [4.69, 9.17) is 0 Å². The first-order chi connectivity index (χ1) is 9.02. The molecule has 0 saturated heterocycles. The van der Waals surface area contributed by atoms with E-state index in [1.165, 1.54) is 0 Å². The van der Waals surface area contributed by atoms with Crippen molar-refractivity contribution in [2.24, 2.45) is 0 Å². The van der Waals surface area contributed by atoms with Gasteiger partial charge in [-0.3, -0.25) is 4.79 Å². The summed E-state index contributed by atoms with van der Waals surface area (Å²) in [7, 11) is 0. The predicted octanol–water partition coefficient (Wildman–Crippen LogP) is 2.73. The molecule has 19 heavy (non-hydrogen) atoms. The molecule has 1 amide bonds. The summed E-state index contributed by atoms with van der Waals surface area (Å²) in [4.78, 5) is 16.2. The summed E-state index contributed by atoms with van der Waals surface area (Å²) in [6, 6.07) is 7.96. The van der Waals surface area contributed by atoms with Crippen LogP contribution in [0.15, 0.2) is 30.6 Å². The van der Waals surface area contributed by atoms with Crippen molar-refractivity contribution >= 4 is 16.9 Å². The molecule has 4 heteroatoms. The summed E-state index contributed by atoms with van der Waals surface area (Å²) in [6.45, 7) is 6.81. The third kappa shape index (κ3) is 3.34. The summed E-state index contributed by atoms with van der Waals surface area (Å²) >= 11 is 0. The fourth-order valence-corrected chi connectivity index (χ4v) is 1.94. The number of amides is 1. The Kier molecular flexibility index (Phi) is 3.88. The Balaban J connectivity index is 1.97. The lowest BCUT2D eigenvalue weighted by molar-refractivity contribution is -0.122. The van der Waals surface area contributed by atoms with Crippen LogP contribution in [0.5, 0.6) is 0 Å². The van der Waals surface area contributed by atoms with Crippen molar-refractivity contribution in [3.63, 3.8) is 0 Å². The highest BCUT2D eigenvalue weighted by Crippen LogP contribution is 2.12. The Bertz CT molecular complexity index is 572. The molecule has 1 aromatic carbocycles. The molecule has 0 radical (unpaired) electrons. The van der Waals surface area contributed by atoms with Gasteiger partial charge in [0.25, 0.3) is 0 Å². The molecule has 0 spiro atoms. The fourth-order valence-electron chi connectivity index (χ4n) is 1.94. The number of nitrogens with one attached hydrogen (secondary N) is 1. The van der Waals surface area contributed by atoms with Crippen LogP contribution in [0.1, 0.15) is 33.6 Å². The van der Waals surface area contributed by atoms with Gasteiger partial charge in [-0.05, 0) is 32.4 Å². The molecular weight excluding hydrogens is 238 g/mol. The van der Waals surface area contributed by atoms with Crippen molar-refractivity contribution < 1.29 is 4.79 Å². The SMILES string of the molecule is CCC(C)(C)NC(=O)CCn1cnc2ccccc21. The number of hydrogen-bond acceptors (Lipinski definition) is 2. The molecule has 2 aromatic rings. The van der Waals surface area contributed by atoms with Crippen LogP contribution < -0.4 is 5.32 Å². The van der Waals surface area contributed by atoms with Crippen molar-refractivity contribution in [1.29, 1.82) is 0 Å². The summed E-state index contributed by atoms with van der Waals surface area (Å²) in [5.74, 6) is 0.0876. The first-order valence-electron chi connectivity index (χ1n) is 6.73. The molecular formula is C15H21N3O. The minimum absolute atomic E-state index is 0.0876. The van der Waals surface area contributed by atoms with Gasteiger partial charge >= 0.3 is 0 Å². The molecule has 0 aliphatic rings. The van der Waals surface area contributed by atoms with Gasteiger partial charge in [0.1, 0.15) is 0 Å². The second kappa shape index (κ2) is 5.43. The van der Waals surface area contributed by atoms with Crippen LogP contribution in [-0.4, -0.2) is 21.0 Å². The van der Waals surface area contributed by atoms with Gasteiger partial charge in [-0.25, -0.2) is 4.98 Å². The molecule has 0 fully saturated rings. The average Bonchev–Trinajstić information content (AvgIpc) is 2.79. The number of fused-ring (bicyclic) bond motifs is 1. The number of para-hydroxylation sites is 2. The van der Waals surface area contributed by atoms with Crippen molar-refractivity contribution in [2.75, 3.05) is 0 Å². The smallest absolute Gasteiger partial charge is 0.222 e. The van der Waals surface area contributed by atoms with Gasteiger partial charge in [0.05, 0.1) is 17.4 Å². The van der Waals surface area contributed by atoms with Gasteiger partial charge in [0.2, 0.25) is 5.91 Å². The standard InChI is InChI=1S/C15H21N3O/c1-4-15(2,3)17-14(19)9-10-18-11-16-12-7-5-6-8-13(12)18/h5-8,11H,4,9-10H2,1-3H3,(H,17,19). The molecule has 0 saturated carbocycles. The van der Waals surface area contributed by atoms with Crippen LogP contribution in [0, 0.1) is 0 Å². The van der Waals surface area contributed by atoms with E-state index in [2.05, 4.69) is 17.2 Å². The van der Waals surface area contributed by atoms with Gasteiger partial charge < -0.3 is 9.88 Å². The number of rotatable bonds is 5. The lowest BCUT2D eigenvalue weighted by Crippen LogP contribution is -2.43. The van der Waals surface area contributed by atoms with Gasteiger partial charge in [-0.15, -0.1) is 0 Å². The molecule has 0 aliphatic heterocycles. The lowest BCUT2D eigenvalue weighted by Gasteiger charge is -2.24. The van der Waals surface area contributed by atoms with E-state index in [-0.39, 0.29) is 11.4 Å². The summed E-state index contributed by atoms with van der Waals surface area (Å²) in [5.41, 5.74) is 1.91. The molecule has 4 nitrogen and oxygen atoms in total. The average molecular weight is 259 g/mol. The van der Waals surface area contributed by atoms with Crippen LogP contribution >= 0.6 is 0 Å². The summed E-state index contributed by atoms with van der Waals surface area (Å²) < 4.78 is 2.02. The minimum atomic E-state index is -0.131. The third-order valence-corrected chi connectivity index (χ3v) is 3.47. The monoisotopic (exact) mass is 259 g/mol. The first kappa shape index (κ1) is 13.6. The van der Waals surface area contributed by atoms with Gasteiger partial charge in [-0.2, -0.15) is 0 Å². The van der Waals surface area contributed by atoms with E-state index in [9.17, 15) is 4.79 Å². The number of carbonyl (C=O) groups is 1. The van der Waals surface area contributed by atoms with Crippen molar-refractivity contribution in [2.45, 2.75) is 45.7 Å². The predicted molar refractivity (Wildman–Crippen MR) is 76.9 cm³/mol. The molecule has 0 bridgehead atoms. The normalized spacial score (nSPS) is 11.7. The Morgan fingerprint density at radius 2 is 2.11 bits per heavy atom. The number of carbonyl (C=O) groups excluding carboxylic acids is 1. The number of benzene rings is 1. The van der Waals surface area contributed by atoms with Crippen LogP contribution in [0.3, 0.4) is 0 Å². The van der Waals surface area contributed by atoms with Gasteiger partial charge in [0.15, 0.2) is 0 Å². The zero-order chi connectivity index (χ0) is 13.9. The zero-order valence-electron chi connectivity index (χ0n) is 11.8. The highest BCUT2D eigenvalue weighted by atomic mass is 16.1. The summed E-state index contributed by atoms with van der Waals surface area (Å²) in [6.07, 6.45) is 3.19. The van der Waals surface area contributed by atoms with Crippen LogP contribution in [0.4, 0.5) is 0 Å². The van der Waals surface area contributed by atoms with Gasteiger partial charge in [-0.1, -0.05) is 19.1 Å². The molecule has 0 aliphatic carbocycles. The Labute approximate surface area is 113 Å². The Morgan fingerprint density at radius 3 is 2.84 bits per heavy atom. The topological polar surface area (TPSA) is 46.9 Å². The highest BCUT2D eigenvalue weighted by Gasteiger charge is 2.17. The third-order valence-electron chi connectivity index (χ3n) is 3.47. The van der Waals surface area contributed by atoms with E-state index in [0.717, 1.165) is 17.5 Å². The van der Waals surface area contributed by atoms with Crippen LogP contribution in [0.2, 0.25) is 0 Å². The highest BCUT2D eigenvalue weighted by molar-refractivity contribution is 5.78. The maximum Gasteiger partial charge on any atom is 0.222 e. The largest absolute Gasteiger partial charge is 0.351 e. The molecule has 0 unspecified atom stereocenters. The fraction of sp³-hybridized carbons (Fsp3) is 0.467. The zero-order valence-corrected chi connectivity index (χ0v) is 11.8. The van der Waals surface area contributed by atoms with Gasteiger partial charge in [0, 0.05) is 18.5 Å². The number of hydrogen-bond donors (Lipinski definition) is 1. The van der Waals surface area contributed by atoms with E-state index in [1.807, 2.05) is 42.7 Å². The van der Waals surface area contributed by atoms with Crippen molar-refractivity contribution in [3.8, 4) is 0 Å². The van der Waals surface area contributed by atoms with Crippen LogP contribution in [-0.2, 0) is 11.3 Å². The molecule has 1 N–H and O–H groups in total. The Hall–Kier alpha value is -1.84. The number of nitrogens with zero attached hydrogens (tertiary/aromatic N) is 2. The van der Waals surface area contributed by atoms with E-state index < -0.39 is 0 Å². The summed E-state index contributed by atoms with van der Waals surface area (Å²) in [5, 5.41) is 3.04. The van der Waals surface area contributed by atoms with E-state index >= 15 is 0 Å². The second-order valence-corrected chi connectivity index (χ2v) is 5.46. The number of aryl methyl sites for hydroxylation is 1. The maximum absolute atomic E-state index is 11.9. The molecule has 0 atom stereocenters. The Morgan fingerprint density at radius 1 is 1.37 bits per heavy atom. The molecule has 2 rings (SSSR count). The number of aromatic nitrogens is 2. The molecule has 1 aromatic heterocycles. The minimum Gasteiger partial charge on any atom is -0.351 e. The van der Waals surface area contributed by atoms with Crippen molar-refractivity contribution in [1.82, 2.24) is 14.9 Å². The van der Waals surface area contributed by atoms with Crippen LogP contribution in [0.25, 0.3) is 11.0 Å². The first-order valence-corrected chi connectivity index (χ1v) is 6.73. The second-order valence-electron chi connectivity index (χ2n) is 5.46. The lowest BCUT2D eigenvalue weighted by atomic mass is 10.0.